The SMILES string of the molecule is O=C(Cn1cnc2sccc2c1=O)NCc1ccccc1OC(F)(F)F. The van der Waals surface area contributed by atoms with E-state index in [9.17, 15) is 22.8 Å². The van der Waals surface area contributed by atoms with Gasteiger partial charge in [0, 0.05) is 12.1 Å². The molecule has 0 aliphatic rings. The first kappa shape index (κ1) is 17.9. The van der Waals surface area contributed by atoms with Gasteiger partial charge in [0.1, 0.15) is 17.1 Å². The molecule has 0 bridgehead atoms. The number of rotatable bonds is 5. The van der Waals surface area contributed by atoms with E-state index < -0.39 is 12.3 Å². The molecule has 26 heavy (non-hydrogen) atoms. The van der Waals surface area contributed by atoms with E-state index in [1.54, 1.807) is 11.4 Å². The van der Waals surface area contributed by atoms with Gasteiger partial charge in [0.05, 0.1) is 11.7 Å². The maximum Gasteiger partial charge on any atom is 0.573 e. The van der Waals surface area contributed by atoms with Crippen molar-refractivity contribution in [3.05, 3.63) is 58.0 Å². The van der Waals surface area contributed by atoms with E-state index in [1.165, 1.54) is 35.9 Å². The lowest BCUT2D eigenvalue weighted by molar-refractivity contribution is -0.274. The number of carbonyl (C=O) groups is 1. The number of nitrogens with one attached hydrogen (secondary N) is 1. The molecule has 3 rings (SSSR count). The van der Waals surface area contributed by atoms with Crippen LogP contribution in [-0.4, -0.2) is 21.8 Å². The van der Waals surface area contributed by atoms with Crippen LogP contribution in [0.3, 0.4) is 0 Å². The molecule has 0 atom stereocenters. The smallest absolute Gasteiger partial charge is 0.405 e. The fraction of sp³-hybridized carbons (Fsp3) is 0.188. The fourth-order valence-electron chi connectivity index (χ4n) is 2.28. The molecule has 0 aliphatic carbocycles. The Balaban J connectivity index is 1.68. The van der Waals surface area contributed by atoms with Crippen LogP contribution in [0.4, 0.5) is 13.2 Å². The summed E-state index contributed by atoms with van der Waals surface area (Å²) in [4.78, 5) is 28.9. The summed E-state index contributed by atoms with van der Waals surface area (Å²) >= 11 is 1.31. The second-order valence-corrected chi connectivity index (χ2v) is 6.14. The molecule has 3 aromatic rings. The summed E-state index contributed by atoms with van der Waals surface area (Å²) in [5.74, 6) is -0.927. The minimum atomic E-state index is -4.82. The lowest BCUT2D eigenvalue weighted by Crippen LogP contribution is -2.32. The van der Waals surface area contributed by atoms with Gasteiger partial charge in [0.15, 0.2) is 0 Å². The van der Waals surface area contributed by atoms with Gasteiger partial charge in [-0.3, -0.25) is 14.2 Å². The molecule has 1 amide bonds. The highest BCUT2D eigenvalue weighted by atomic mass is 32.1. The number of hydrogen-bond donors (Lipinski definition) is 1. The number of thiophene rings is 1. The van der Waals surface area contributed by atoms with Gasteiger partial charge in [-0.05, 0) is 17.5 Å². The molecule has 2 aromatic heterocycles. The van der Waals surface area contributed by atoms with Gasteiger partial charge in [0.25, 0.3) is 5.56 Å². The minimum absolute atomic E-state index is 0.164. The van der Waals surface area contributed by atoms with Crippen LogP contribution >= 0.6 is 11.3 Å². The first-order valence-corrected chi connectivity index (χ1v) is 8.24. The Labute approximate surface area is 148 Å². The normalized spacial score (nSPS) is 11.5. The van der Waals surface area contributed by atoms with Crippen LogP contribution in [0.5, 0.6) is 5.75 Å². The summed E-state index contributed by atoms with van der Waals surface area (Å²) in [5.41, 5.74) is -0.191. The van der Waals surface area contributed by atoms with Crippen LogP contribution in [0.15, 0.2) is 46.8 Å². The van der Waals surface area contributed by atoms with Gasteiger partial charge in [-0.25, -0.2) is 4.98 Å². The van der Waals surface area contributed by atoms with Crippen molar-refractivity contribution in [1.82, 2.24) is 14.9 Å². The lowest BCUT2D eigenvalue weighted by atomic mass is 10.2. The predicted molar refractivity (Wildman–Crippen MR) is 88.9 cm³/mol. The highest BCUT2D eigenvalue weighted by Gasteiger charge is 2.31. The number of nitrogens with zero attached hydrogens (tertiary/aromatic N) is 2. The third kappa shape index (κ3) is 4.20. The second kappa shape index (κ2) is 7.16. The predicted octanol–water partition coefficient (Wildman–Crippen LogP) is 2.67. The third-order valence-electron chi connectivity index (χ3n) is 3.44. The van der Waals surface area contributed by atoms with E-state index in [0.29, 0.717) is 10.2 Å². The van der Waals surface area contributed by atoms with E-state index in [-0.39, 0.29) is 30.0 Å². The van der Waals surface area contributed by atoms with Crippen molar-refractivity contribution in [2.45, 2.75) is 19.5 Å². The zero-order chi connectivity index (χ0) is 18.7. The largest absolute Gasteiger partial charge is 0.573 e. The van der Waals surface area contributed by atoms with E-state index in [0.717, 1.165) is 10.6 Å². The maximum absolute atomic E-state index is 12.4. The second-order valence-electron chi connectivity index (χ2n) is 5.25. The first-order chi connectivity index (χ1) is 12.3. The summed E-state index contributed by atoms with van der Waals surface area (Å²) < 4.78 is 42.3. The van der Waals surface area contributed by atoms with Crippen molar-refractivity contribution in [1.29, 1.82) is 0 Å². The molecule has 2 heterocycles. The number of para-hydroxylation sites is 1. The summed E-state index contributed by atoms with van der Waals surface area (Å²) in [6, 6.07) is 7.12. The number of aromatic nitrogens is 2. The molecule has 1 aromatic carbocycles. The van der Waals surface area contributed by atoms with Crippen molar-refractivity contribution in [2.75, 3.05) is 0 Å². The van der Waals surface area contributed by atoms with Crippen molar-refractivity contribution in [2.24, 2.45) is 0 Å². The van der Waals surface area contributed by atoms with Crippen molar-refractivity contribution >= 4 is 27.5 Å². The Bertz CT molecular complexity index is 997. The Hall–Kier alpha value is -2.88. The highest BCUT2D eigenvalue weighted by Crippen LogP contribution is 2.26. The topological polar surface area (TPSA) is 73.2 Å². The van der Waals surface area contributed by atoms with Gasteiger partial charge in [-0.2, -0.15) is 0 Å². The van der Waals surface area contributed by atoms with Crippen LogP contribution in [0.25, 0.3) is 10.2 Å². The molecule has 10 heteroatoms. The highest BCUT2D eigenvalue weighted by molar-refractivity contribution is 7.16. The molecule has 0 saturated carbocycles. The number of fused-ring (bicyclic) bond motifs is 1. The molecule has 0 radical (unpaired) electrons. The summed E-state index contributed by atoms with van der Waals surface area (Å²) in [5, 5.41) is 4.61. The fourth-order valence-corrected chi connectivity index (χ4v) is 3.01. The quantitative estimate of drug-likeness (QED) is 0.735. The molecule has 6 nitrogen and oxygen atoms in total. The summed E-state index contributed by atoms with van der Waals surface area (Å²) in [7, 11) is 0. The molecule has 0 saturated heterocycles. The Morgan fingerprint density at radius 1 is 1.27 bits per heavy atom. The number of ether oxygens (including phenoxy) is 1. The average Bonchev–Trinajstić information content (AvgIpc) is 3.05. The number of hydrogen-bond acceptors (Lipinski definition) is 5. The third-order valence-corrected chi connectivity index (χ3v) is 4.26. The molecule has 0 fully saturated rings. The van der Waals surface area contributed by atoms with E-state index in [1.807, 2.05) is 0 Å². The van der Waals surface area contributed by atoms with Gasteiger partial charge >= 0.3 is 6.36 Å². The number of benzene rings is 1. The Morgan fingerprint density at radius 3 is 2.81 bits per heavy atom. The number of alkyl halides is 3. The first-order valence-electron chi connectivity index (χ1n) is 7.36. The van der Waals surface area contributed by atoms with Crippen LogP contribution in [0.1, 0.15) is 5.56 Å². The molecular weight excluding hydrogens is 371 g/mol. The lowest BCUT2D eigenvalue weighted by Gasteiger charge is -2.13. The molecule has 136 valence electrons. The van der Waals surface area contributed by atoms with Crippen molar-refractivity contribution < 1.29 is 22.7 Å². The molecule has 0 spiro atoms. The maximum atomic E-state index is 12.4. The number of amides is 1. The Morgan fingerprint density at radius 2 is 2.04 bits per heavy atom. The zero-order valence-electron chi connectivity index (χ0n) is 13.1. The van der Waals surface area contributed by atoms with Gasteiger partial charge < -0.3 is 10.1 Å². The van der Waals surface area contributed by atoms with Gasteiger partial charge in [-0.1, -0.05) is 18.2 Å². The van der Waals surface area contributed by atoms with Crippen LogP contribution in [0, 0.1) is 0 Å². The van der Waals surface area contributed by atoms with Gasteiger partial charge in [0.2, 0.25) is 5.91 Å². The molecule has 0 aliphatic heterocycles. The molecular formula is C16H12F3N3O3S. The van der Waals surface area contributed by atoms with E-state index in [2.05, 4.69) is 15.0 Å². The Kier molecular flexibility index (Phi) is 4.94. The van der Waals surface area contributed by atoms with E-state index in [4.69, 9.17) is 0 Å². The van der Waals surface area contributed by atoms with Crippen LogP contribution in [0.2, 0.25) is 0 Å². The molecule has 0 unspecified atom stereocenters. The zero-order valence-corrected chi connectivity index (χ0v) is 13.9. The minimum Gasteiger partial charge on any atom is -0.405 e. The standard InChI is InChI=1S/C16H12F3N3O3S/c17-16(18,19)25-12-4-2-1-3-10(12)7-20-13(23)8-22-9-21-14-11(15(22)24)5-6-26-14/h1-6,9H,7-8H2,(H,20,23). The van der Waals surface area contributed by atoms with Crippen LogP contribution in [-0.2, 0) is 17.9 Å². The average molecular weight is 383 g/mol. The summed E-state index contributed by atoms with van der Waals surface area (Å²) in [6.07, 6.45) is -3.56. The number of halogens is 3. The van der Waals surface area contributed by atoms with Crippen molar-refractivity contribution in [3.63, 3.8) is 0 Å². The number of carbonyl (C=O) groups excluding carboxylic acids is 1. The van der Waals surface area contributed by atoms with E-state index >= 15 is 0 Å². The van der Waals surface area contributed by atoms with Crippen molar-refractivity contribution in [3.8, 4) is 5.75 Å². The monoisotopic (exact) mass is 383 g/mol. The molecule has 1 N–H and O–H groups in total. The summed E-state index contributed by atoms with van der Waals surface area (Å²) in [6.45, 7) is -0.464. The van der Waals surface area contributed by atoms with Gasteiger partial charge in [-0.15, -0.1) is 24.5 Å². The van der Waals surface area contributed by atoms with Crippen LogP contribution < -0.4 is 15.6 Å².